The van der Waals surface area contributed by atoms with E-state index in [1.807, 2.05) is 25.1 Å². The van der Waals surface area contributed by atoms with Gasteiger partial charge in [-0.05, 0) is 18.9 Å². The summed E-state index contributed by atoms with van der Waals surface area (Å²) in [4.78, 5) is 15.8. The highest BCUT2D eigenvalue weighted by atomic mass is 32.1. The number of aryl methyl sites for hydroxylation is 1. The van der Waals surface area contributed by atoms with E-state index < -0.39 is 5.97 Å². The van der Waals surface area contributed by atoms with Crippen LogP contribution in [-0.4, -0.2) is 22.6 Å². The van der Waals surface area contributed by atoms with Gasteiger partial charge in [0.15, 0.2) is 5.13 Å². The number of anilines is 1. The van der Waals surface area contributed by atoms with Crippen molar-refractivity contribution < 1.29 is 9.90 Å². The van der Waals surface area contributed by atoms with E-state index in [4.69, 9.17) is 5.11 Å². The maximum absolute atomic E-state index is 10.7. The first-order valence-corrected chi connectivity index (χ1v) is 6.92. The van der Waals surface area contributed by atoms with Crippen molar-refractivity contribution in [2.24, 2.45) is 0 Å². The summed E-state index contributed by atoms with van der Waals surface area (Å²) in [5, 5.41) is 12.8. The van der Waals surface area contributed by atoms with E-state index in [1.54, 1.807) is 0 Å². The number of carboxylic acid groups (broad SMARTS) is 1. The van der Waals surface area contributed by atoms with Gasteiger partial charge in [-0.1, -0.05) is 30.3 Å². The van der Waals surface area contributed by atoms with Crippen LogP contribution in [0.3, 0.4) is 0 Å². The highest BCUT2D eigenvalue weighted by molar-refractivity contribution is 7.15. The molecular weight excluding hydrogens is 260 g/mol. The SMILES string of the molecule is Cc1nc(NCCc2ccccc2)sc1CC(=O)O. The topological polar surface area (TPSA) is 62.2 Å². The predicted molar refractivity (Wildman–Crippen MR) is 76.8 cm³/mol. The fourth-order valence-electron chi connectivity index (χ4n) is 1.76. The number of hydrogen-bond acceptors (Lipinski definition) is 4. The van der Waals surface area contributed by atoms with E-state index in [2.05, 4.69) is 22.4 Å². The molecule has 19 heavy (non-hydrogen) atoms. The summed E-state index contributed by atoms with van der Waals surface area (Å²) in [5.74, 6) is -0.817. The number of hydrogen-bond donors (Lipinski definition) is 2. The van der Waals surface area contributed by atoms with Crippen LogP contribution in [0, 0.1) is 6.92 Å². The minimum Gasteiger partial charge on any atom is -0.481 e. The Kier molecular flexibility index (Phi) is 4.52. The molecule has 0 amide bonds. The average Bonchev–Trinajstić information content (AvgIpc) is 2.70. The fraction of sp³-hybridized carbons (Fsp3) is 0.286. The summed E-state index contributed by atoms with van der Waals surface area (Å²) in [7, 11) is 0. The Balaban J connectivity index is 1.88. The van der Waals surface area contributed by atoms with Gasteiger partial charge in [0.2, 0.25) is 0 Å². The second kappa shape index (κ2) is 6.33. The molecule has 5 heteroatoms. The number of carboxylic acids is 1. The van der Waals surface area contributed by atoms with E-state index in [0.717, 1.165) is 28.7 Å². The third-order valence-electron chi connectivity index (χ3n) is 2.74. The molecule has 4 nitrogen and oxygen atoms in total. The van der Waals surface area contributed by atoms with Crippen LogP contribution in [0.1, 0.15) is 16.1 Å². The number of thiazole rings is 1. The van der Waals surface area contributed by atoms with Gasteiger partial charge in [0.1, 0.15) is 0 Å². The standard InChI is InChI=1S/C14H16N2O2S/c1-10-12(9-13(17)18)19-14(16-10)15-8-7-11-5-3-2-4-6-11/h2-6H,7-9H2,1H3,(H,15,16)(H,17,18). The van der Waals surface area contributed by atoms with Gasteiger partial charge in [-0.15, -0.1) is 11.3 Å². The molecule has 0 saturated heterocycles. The smallest absolute Gasteiger partial charge is 0.308 e. The Bertz CT molecular complexity index is 552. The molecule has 0 fully saturated rings. The minimum atomic E-state index is -0.817. The van der Waals surface area contributed by atoms with E-state index in [9.17, 15) is 4.79 Å². The van der Waals surface area contributed by atoms with E-state index in [-0.39, 0.29) is 6.42 Å². The Morgan fingerprint density at radius 3 is 2.79 bits per heavy atom. The molecule has 2 N–H and O–H groups in total. The highest BCUT2D eigenvalue weighted by Crippen LogP contribution is 2.22. The third-order valence-corrected chi connectivity index (χ3v) is 3.85. The molecule has 1 aromatic heterocycles. The zero-order valence-corrected chi connectivity index (χ0v) is 11.5. The average molecular weight is 276 g/mol. The lowest BCUT2D eigenvalue weighted by atomic mass is 10.2. The number of aromatic nitrogens is 1. The van der Waals surface area contributed by atoms with Crippen LogP contribution in [-0.2, 0) is 17.6 Å². The molecule has 2 aromatic rings. The molecule has 1 heterocycles. The Hall–Kier alpha value is -1.88. The zero-order valence-electron chi connectivity index (χ0n) is 10.7. The lowest BCUT2D eigenvalue weighted by molar-refractivity contribution is -0.136. The molecule has 2 rings (SSSR count). The van der Waals surface area contributed by atoms with Crippen LogP contribution >= 0.6 is 11.3 Å². The number of rotatable bonds is 6. The second-order valence-electron chi connectivity index (χ2n) is 4.26. The molecule has 0 aliphatic rings. The maximum atomic E-state index is 10.7. The van der Waals surface area contributed by atoms with E-state index >= 15 is 0 Å². The molecule has 0 aliphatic heterocycles. The van der Waals surface area contributed by atoms with Crippen molar-refractivity contribution in [1.29, 1.82) is 0 Å². The quantitative estimate of drug-likeness (QED) is 0.851. The first-order valence-electron chi connectivity index (χ1n) is 6.11. The summed E-state index contributed by atoms with van der Waals surface area (Å²) < 4.78 is 0. The van der Waals surface area contributed by atoms with Crippen molar-refractivity contribution >= 4 is 22.4 Å². The molecule has 0 aliphatic carbocycles. The molecule has 0 saturated carbocycles. The lowest BCUT2D eigenvalue weighted by Gasteiger charge is -2.02. The van der Waals surface area contributed by atoms with Crippen LogP contribution in [0.5, 0.6) is 0 Å². The molecule has 0 unspecified atom stereocenters. The van der Waals surface area contributed by atoms with Crippen LogP contribution in [0.25, 0.3) is 0 Å². The van der Waals surface area contributed by atoms with Crippen molar-refractivity contribution in [3.05, 3.63) is 46.5 Å². The van der Waals surface area contributed by atoms with Crippen LogP contribution in [0.15, 0.2) is 30.3 Å². The molecule has 0 atom stereocenters. The normalized spacial score (nSPS) is 10.4. The summed E-state index contributed by atoms with van der Waals surface area (Å²) in [5.41, 5.74) is 2.07. The van der Waals surface area contributed by atoms with Gasteiger partial charge in [0.05, 0.1) is 12.1 Å². The lowest BCUT2D eigenvalue weighted by Crippen LogP contribution is -2.04. The molecule has 0 radical (unpaired) electrons. The van der Waals surface area contributed by atoms with Gasteiger partial charge >= 0.3 is 5.97 Å². The maximum Gasteiger partial charge on any atom is 0.308 e. The van der Waals surface area contributed by atoms with Crippen LogP contribution < -0.4 is 5.32 Å². The van der Waals surface area contributed by atoms with Gasteiger partial charge in [0, 0.05) is 11.4 Å². The second-order valence-corrected chi connectivity index (χ2v) is 5.34. The number of benzene rings is 1. The van der Waals surface area contributed by atoms with E-state index in [1.165, 1.54) is 16.9 Å². The van der Waals surface area contributed by atoms with Crippen molar-refractivity contribution in [3.8, 4) is 0 Å². The summed E-state index contributed by atoms with van der Waals surface area (Å²) >= 11 is 1.42. The summed E-state index contributed by atoms with van der Waals surface area (Å²) in [6, 6.07) is 10.2. The highest BCUT2D eigenvalue weighted by Gasteiger charge is 2.10. The van der Waals surface area contributed by atoms with Crippen molar-refractivity contribution in [2.75, 3.05) is 11.9 Å². The number of carbonyl (C=O) groups is 1. The van der Waals surface area contributed by atoms with Gasteiger partial charge in [0.25, 0.3) is 0 Å². The number of nitrogens with zero attached hydrogens (tertiary/aromatic N) is 1. The van der Waals surface area contributed by atoms with Gasteiger partial charge in [-0.25, -0.2) is 4.98 Å². The van der Waals surface area contributed by atoms with Gasteiger partial charge < -0.3 is 10.4 Å². The molecular formula is C14H16N2O2S. The minimum absolute atomic E-state index is 0.0455. The summed E-state index contributed by atoms with van der Waals surface area (Å²) in [6.07, 6.45) is 0.970. The van der Waals surface area contributed by atoms with Crippen LogP contribution in [0.2, 0.25) is 0 Å². The molecule has 1 aromatic carbocycles. The number of nitrogens with one attached hydrogen (secondary N) is 1. The Morgan fingerprint density at radius 1 is 1.37 bits per heavy atom. The molecule has 0 spiro atoms. The van der Waals surface area contributed by atoms with Crippen molar-refractivity contribution in [2.45, 2.75) is 19.8 Å². The zero-order chi connectivity index (χ0) is 13.7. The largest absolute Gasteiger partial charge is 0.481 e. The van der Waals surface area contributed by atoms with Crippen molar-refractivity contribution in [3.63, 3.8) is 0 Å². The molecule has 100 valence electrons. The van der Waals surface area contributed by atoms with Crippen LogP contribution in [0.4, 0.5) is 5.13 Å². The Labute approximate surface area is 116 Å². The number of aliphatic carboxylic acids is 1. The van der Waals surface area contributed by atoms with E-state index in [0.29, 0.717) is 0 Å². The molecule has 0 bridgehead atoms. The Morgan fingerprint density at radius 2 is 2.11 bits per heavy atom. The van der Waals surface area contributed by atoms with Crippen molar-refractivity contribution in [1.82, 2.24) is 4.98 Å². The predicted octanol–water partition coefficient (Wildman–Crippen LogP) is 2.73. The van der Waals surface area contributed by atoms with Gasteiger partial charge in [-0.3, -0.25) is 4.79 Å². The summed E-state index contributed by atoms with van der Waals surface area (Å²) in [6.45, 7) is 2.64. The first-order chi connectivity index (χ1) is 9.15. The third kappa shape index (κ3) is 4.06. The van der Waals surface area contributed by atoms with Gasteiger partial charge in [-0.2, -0.15) is 0 Å². The first kappa shape index (κ1) is 13.5. The monoisotopic (exact) mass is 276 g/mol. The fourth-order valence-corrected chi connectivity index (χ4v) is 2.74.